The fourth-order valence-electron chi connectivity index (χ4n) is 2.41. The second-order valence-corrected chi connectivity index (χ2v) is 4.53. The average molecular weight is 246 g/mol. The van der Waals surface area contributed by atoms with Gasteiger partial charge in [0.05, 0.1) is 29.7 Å². The van der Waals surface area contributed by atoms with Gasteiger partial charge in [-0.15, -0.1) is 0 Å². The van der Waals surface area contributed by atoms with Crippen LogP contribution < -0.4 is 16.4 Å². The summed E-state index contributed by atoms with van der Waals surface area (Å²) in [6, 6.07) is 7.10. The van der Waals surface area contributed by atoms with Crippen LogP contribution in [0.25, 0.3) is 0 Å². The van der Waals surface area contributed by atoms with Gasteiger partial charge in [0.15, 0.2) is 5.54 Å². The van der Waals surface area contributed by atoms with Gasteiger partial charge in [-0.05, 0) is 12.1 Å². The molecule has 2 unspecified atom stereocenters. The zero-order chi connectivity index (χ0) is 12.8. The standard InChI is InChI=1S/C12H14N4O2/c13-9-5-15-12(9,11(17)18)10-6-14-7-3-1-2-4-8(7)16-10/h1-4,9,14-15H,5-6,13H2,(H,17,18). The van der Waals surface area contributed by atoms with Gasteiger partial charge in [-0.1, -0.05) is 12.1 Å². The van der Waals surface area contributed by atoms with Crippen molar-refractivity contribution in [1.29, 1.82) is 0 Å². The number of rotatable bonds is 2. The first-order chi connectivity index (χ1) is 8.64. The van der Waals surface area contributed by atoms with Crippen molar-refractivity contribution in [1.82, 2.24) is 5.32 Å². The van der Waals surface area contributed by atoms with Crippen molar-refractivity contribution in [2.45, 2.75) is 11.6 Å². The number of hydrogen-bond acceptors (Lipinski definition) is 5. The van der Waals surface area contributed by atoms with Crippen LogP contribution in [0.15, 0.2) is 29.3 Å². The number of carbonyl (C=O) groups is 1. The molecule has 0 saturated carbocycles. The number of nitrogens with zero attached hydrogens (tertiary/aromatic N) is 1. The minimum absolute atomic E-state index is 0.393. The number of nitrogens with one attached hydrogen (secondary N) is 2. The van der Waals surface area contributed by atoms with Crippen LogP contribution in [0, 0.1) is 0 Å². The number of nitrogens with two attached hydrogens (primary N) is 1. The van der Waals surface area contributed by atoms with Gasteiger partial charge in [0, 0.05) is 6.54 Å². The number of aliphatic carboxylic acids is 1. The highest BCUT2D eigenvalue weighted by Gasteiger charge is 2.55. The summed E-state index contributed by atoms with van der Waals surface area (Å²) in [5.41, 5.74) is 6.83. The molecule has 0 radical (unpaired) electrons. The molecule has 2 aliphatic heterocycles. The van der Waals surface area contributed by atoms with Gasteiger partial charge in [0.1, 0.15) is 0 Å². The molecule has 6 heteroatoms. The van der Waals surface area contributed by atoms with Gasteiger partial charge in [-0.3, -0.25) is 10.3 Å². The lowest BCUT2D eigenvalue weighted by Gasteiger charge is -2.46. The van der Waals surface area contributed by atoms with E-state index >= 15 is 0 Å². The van der Waals surface area contributed by atoms with E-state index in [-0.39, 0.29) is 0 Å². The molecule has 3 rings (SSSR count). The third-order valence-electron chi connectivity index (χ3n) is 3.56. The molecular formula is C12H14N4O2. The Morgan fingerprint density at radius 2 is 2.28 bits per heavy atom. The van der Waals surface area contributed by atoms with Crippen molar-refractivity contribution in [3.8, 4) is 0 Å². The summed E-state index contributed by atoms with van der Waals surface area (Å²) in [5.74, 6) is -0.971. The summed E-state index contributed by atoms with van der Waals surface area (Å²) in [7, 11) is 0. The number of anilines is 1. The Hall–Kier alpha value is -1.92. The van der Waals surface area contributed by atoms with Gasteiger partial charge in [0.2, 0.25) is 0 Å². The van der Waals surface area contributed by atoms with Gasteiger partial charge in [-0.25, -0.2) is 4.79 Å². The van der Waals surface area contributed by atoms with E-state index in [1.54, 1.807) is 0 Å². The molecule has 0 spiro atoms. The van der Waals surface area contributed by atoms with Gasteiger partial charge >= 0.3 is 5.97 Å². The lowest BCUT2D eigenvalue weighted by atomic mass is 9.78. The molecule has 2 heterocycles. The van der Waals surface area contributed by atoms with Gasteiger partial charge in [-0.2, -0.15) is 0 Å². The first-order valence-corrected chi connectivity index (χ1v) is 5.79. The van der Waals surface area contributed by atoms with Crippen LogP contribution in [0.2, 0.25) is 0 Å². The molecule has 6 nitrogen and oxygen atoms in total. The Morgan fingerprint density at radius 1 is 1.50 bits per heavy atom. The van der Waals surface area contributed by atoms with Gasteiger partial charge in [0.25, 0.3) is 0 Å². The van der Waals surface area contributed by atoms with Crippen LogP contribution in [-0.2, 0) is 4.79 Å². The Labute approximate surface area is 104 Å². The molecule has 2 aliphatic rings. The summed E-state index contributed by atoms with van der Waals surface area (Å²) >= 11 is 0. The normalized spacial score (nSPS) is 29.6. The van der Waals surface area contributed by atoms with E-state index in [4.69, 9.17) is 5.73 Å². The van der Waals surface area contributed by atoms with Crippen LogP contribution in [-0.4, -0.2) is 41.5 Å². The Bertz CT molecular complexity index is 543. The number of fused-ring (bicyclic) bond motifs is 1. The minimum atomic E-state index is -1.22. The van der Waals surface area contributed by atoms with E-state index < -0.39 is 17.6 Å². The lowest BCUT2D eigenvalue weighted by Crippen LogP contribution is -2.80. The number of carboxylic acids is 1. The average Bonchev–Trinajstić information content (AvgIpc) is 2.37. The number of carboxylic acid groups (broad SMARTS) is 1. The Morgan fingerprint density at radius 3 is 2.89 bits per heavy atom. The maximum Gasteiger partial charge on any atom is 0.331 e. The number of para-hydroxylation sites is 2. The monoisotopic (exact) mass is 246 g/mol. The lowest BCUT2D eigenvalue weighted by molar-refractivity contribution is -0.145. The highest BCUT2D eigenvalue weighted by molar-refractivity contribution is 6.16. The second-order valence-electron chi connectivity index (χ2n) is 4.53. The van der Waals surface area contributed by atoms with Gasteiger partial charge < -0.3 is 16.2 Å². The Kier molecular flexibility index (Phi) is 2.36. The highest BCUT2D eigenvalue weighted by atomic mass is 16.4. The zero-order valence-corrected chi connectivity index (χ0v) is 9.68. The van der Waals surface area contributed by atoms with Crippen LogP contribution >= 0.6 is 0 Å². The van der Waals surface area contributed by atoms with E-state index in [0.29, 0.717) is 18.8 Å². The highest BCUT2D eigenvalue weighted by Crippen LogP contribution is 2.31. The first kappa shape index (κ1) is 11.2. The molecule has 0 aliphatic carbocycles. The molecule has 1 fully saturated rings. The van der Waals surface area contributed by atoms with Crippen LogP contribution in [0.4, 0.5) is 11.4 Å². The number of aliphatic imine (C=N–C) groups is 1. The van der Waals surface area contributed by atoms with Crippen LogP contribution in [0.1, 0.15) is 0 Å². The smallest absolute Gasteiger partial charge is 0.331 e. The molecule has 1 saturated heterocycles. The molecule has 0 amide bonds. The molecule has 0 aromatic heterocycles. The maximum atomic E-state index is 11.5. The maximum absolute atomic E-state index is 11.5. The zero-order valence-electron chi connectivity index (χ0n) is 9.68. The summed E-state index contributed by atoms with van der Waals surface area (Å²) in [6.07, 6.45) is 0. The molecule has 1 aromatic carbocycles. The topological polar surface area (TPSA) is 99.7 Å². The van der Waals surface area contributed by atoms with E-state index in [1.807, 2.05) is 24.3 Å². The summed E-state index contributed by atoms with van der Waals surface area (Å²) in [6.45, 7) is 0.886. The molecule has 94 valence electrons. The fourth-order valence-corrected chi connectivity index (χ4v) is 2.41. The van der Waals surface area contributed by atoms with Crippen molar-refractivity contribution >= 4 is 23.1 Å². The predicted octanol–water partition coefficient (Wildman–Crippen LogP) is -0.0615. The summed E-state index contributed by atoms with van der Waals surface area (Å²) < 4.78 is 0. The third-order valence-corrected chi connectivity index (χ3v) is 3.56. The minimum Gasteiger partial charge on any atom is -0.480 e. The predicted molar refractivity (Wildman–Crippen MR) is 68.4 cm³/mol. The molecule has 2 atom stereocenters. The van der Waals surface area contributed by atoms with E-state index in [1.165, 1.54) is 0 Å². The number of hydrogen-bond donors (Lipinski definition) is 4. The summed E-state index contributed by atoms with van der Waals surface area (Å²) in [4.78, 5) is 15.9. The molecular weight excluding hydrogens is 232 g/mol. The van der Waals surface area contributed by atoms with Crippen molar-refractivity contribution in [2.75, 3.05) is 18.4 Å². The molecule has 5 N–H and O–H groups in total. The van der Waals surface area contributed by atoms with Crippen molar-refractivity contribution in [2.24, 2.45) is 10.7 Å². The van der Waals surface area contributed by atoms with E-state index in [2.05, 4.69) is 15.6 Å². The van der Waals surface area contributed by atoms with E-state index in [9.17, 15) is 9.90 Å². The first-order valence-electron chi connectivity index (χ1n) is 5.79. The van der Waals surface area contributed by atoms with Crippen LogP contribution in [0.5, 0.6) is 0 Å². The van der Waals surface area contributed by atoms with Crippen molar-refractivity contribution < 1.29 is 9.90 Å². The largest absolute Gasteiger partial charge is 0.480 e. The SMILES string of the molecule is NC1CNC1(C(=O)O)C1=Nc2ccccc2NC1. The van der Waals surface area contributed by atoms with E-state index in [0.717, 1.165) is 11.4 Å². The summed E-state index contributed by atoms with van der Waals surface area (Å²) in [5, 5.41) is 15.5. The third kappa shape index (κ3) is 1.36. The quantitative estimate of drug-likeness (QED) is 0.586. The van der Waals surface area contributed by atoms with Crippen molar-refractivity contribution in [3.63, 3.8) is 0 Å². The Balaban J connectivity index is 2.04. The second kappa shape index (κ2) is 3.79. The molecule has 1 aromatic rings. The molecule has 0 bridgehead atoms. The number of benzene rings is 1. The van der Waals surface area contributed by atoms with Crippen molar-refractivity contribution in [3.05, 3.63) is 24.3 Å². The van der Waals surface area contributed by atoms with Crippen LogP contribution in [0.3, 0.4) is 0 Å². The molecule has 18 heavy (non-hydrogen) atoms. The fraction of sp³-hybridized carbons (Fsp3) is 0.333.